The van der Waals surface area contributed by atoms with Crippen LogP contribution in [0, 0.1) is 6.92 Å². The zero-order valence-corrected chi connectivity index (χ0v) is 15.8. The summed E-state index contributed by atoms with van der Waals surface area (Å²) < 4.78 is 20.4. The number of methoxy groups -OCH3 is 3. The maximum Gasteiger partial charge on any atom is 0.258 e. The first kappa shape index (κ1) is 20.2. The van der Waals surface area contributed by atoms with Gasteiger partial charge in [-0.3, -0.25) is 9.59 Å². The van der Waals surface area contributed by atoms with Crippen LogP contribution in [-0.2, 0) is 9.53 Å². The fourth-order valence-corrected chi connectivity index (χ4v) is 2.38. The summed E-state index contributed by atoms with van der Waals surface area (Å²) in [7, 11) is 4.51. The van der Waals surface area contributed by atoms with Crippen molar-refractivity contribution in [3.05, 3.63) is 35.6 Å². The van der Waals surface area contributed by atoms with E-state index in [1.54, 1.807) is 31.2 Å². The number of nitrogens with one attached hydrogen (secondary N) is 1. The molecular weight excluding hydrogens is 354 g/mol. The molecule has 0 saturated heterocycles. The van der Waals surface area contributed by atoms with Gasteiger partial charge >= 0.3 is 0 Å². The summed E-state index contributed by atoms with van der Waals surface area (Å²) in [6, 6.07) is 6.45. The van der Waals surface area contributed by atoms with Gasteiger partial charge in [-0.15, -0.1) is 0 Å². The number of carbonyl (C=O) groups is 2. The highest BCUT2D eigenvalue weighted by Gasteiger charge is 2.22. The molecule has 0 atom stereocenters. The van der Waals surface area contributed by atoms with Crippen molar-refractivity contribution in [1.82, 2.24) is 10.1 Å². The first-order chi connectivity index (χ1) is 13.0. The minimum Gasteiger partial charge on any atom is -0.497 e. The van der Waals surface area contributed by atoms with Crippen molar-refractivity contribution in [2.24, 2.45) is 0 Å². The lowest BCUT2D eigenvalue weighted by Crippen LogP contribution is -2.40. The number of amides is 2. The van der Waals surface area contributed by atoms with Crippen molar-refractivity contribution in [3.8, 4) is 11.5 Å². The molecule has 0 fully saturated rings. The predicted molar refractivity (Wildman–Crippen MR) is 97.2 cm³/mol. The van der Waals surface area contributed by atoms with E-state index in [-0.39, 0.29) is 25.6 Å². The third kappa shape index (κ3) is 5.45. The second kappa shape index (κ2) is 9.58. The molecule has 2 rings (SSSR count). The third-order valence-electron chi connectivity index (χ3n) is 3.72. The second-order valence-corrected chi connectivity index (χ2v) is 5.66. The van der Waals surface area contributed by atoms with E-state index in [9.17, 15) is 9.59 Å². The second-order valence-electron chi connectivity index (χ2n) is 5.66. The minimum absolute atomic E-state index is 0.177. The Bertz CT molecular complexity index is 789. The topological polar surface area (TPSA) is 103 Å². The molecule has 9 nitrogen and oxygen atoms in total. The van der Waals surface area contributed by atoms with Crippen LogP contribution in [0.3, 0.4) is 0 Å². The molecular formula is C18H23N3O6. The molecule has 2 aromatic rings. The summed E-state index contributed by atoms with van der Waals surface area (Å²) in [5, 5.41) is 6.30. The molecule has 1 heterocycles. The van der Waals surface area contributed by atoms with Crippen molar-refractivity contribution in [3.63, 3.8) is 0 Å². The van der Waals surface area contributed by atoms with Gasteiger partial charge in [0.25, 0.3) is 5.91 Å². The zero-order chi connectivity index (χ0) is 19.8. The maximum absolute atomic E-state index is 13.0. The smallest absolute Gasteiger partial charge is 0.258 e. The average Bonchev–Trinajstić information content (AvgIpc) is 3.08. The van der Waals surface area contributed by atoms with E-state index in [1.807, 2.05) is 0 Å². The summed E-state index contributed by atoms with van der Waals surface area (Å²) in [4.78, 5) is 26.6. The molecule has 0 aliphatic rings. The van der Waals surface area contributed by atoms with Crippen LogP contribution in [0.2, 0.25) is 0 Å². The summed E-state index contributed by atoms with van der Waals surface area (Å²) >= 11 is 0. The van der Waals surface area contributed by atoms with Gasteiger partial charge in [-0.1, -0.05) is 5.16 Å². The first-order valence-electron chi connectivity index (χ1n) is 8.22. The van der Waals surface area contributed by atoms with Crippen LogP contribution in [0.5, 0.6) is 11.5 Å². The van der Waals surface area contributed by atoms with Gasteiger partial charge < -0.3 is 29.0 Å². The van der Waals surface area contributed by atoms with Gasteiger partial charge in [-0.2, -0.15) is 0 Å². The van der Waals surface area contributed by atoms with Gasteiger partial charge in [0, 0.05) is 25.8 Å². The van der Waals surface area contributed by atoms with Crippen LogP contribution in [0.4, 0.5) is 5.82 Å². The van der Waals surface area contributed by atoms with Gasteiger partial charge in [0.2, 0.25) is 5.91 Å². The molecule has 146 valence electrons. The van der Waals surface area contributed by atoms with Crippen molar-refractivity contribution < 1.29 is 28.3 Å². The fourth-order valence-electron chi connectivity index (χ4n) is 2.38. The molecule has 1 aromatic carbocycles. The van der Waals surface area contributed by atoms with Gasteiger partial charge in [-0.05, 0) is 19.1 Å². The normalized spacial score (nSPS) is 10.4. The molecule has 0 spiro atoms. The van der Waals surface area contributed by atoms with Gasteiger partial charge in [-0.25, -0.2) is 0 Å². The fraction of sp³-hybridized carbons (Fsp3) is 0.389. The van der Waals surface area contributed by atoms with E-state index in [0.29, 0.717) is 28.6 Å². The third-order valence-corrected chi connectivity index (χ3v) is 3.72. The van der Waals surface area contributed by atoms with Crippen molar-refractivity contribution in [2.45, 2.75) is 6.92 Å². The lowest BCUT2D eigenvalue weighted by Gasteiger charge is -2.22. The van der Waals surface area contributed by atoms with Crippen molar-refractivity contribution in [2.75, 3.05) is 46.3 Å². The van der Waals surface area contributed by atoms with E-state index < -0.39 is 5.91 Å². The summed E-state index contributed by atoms with van der Waals surface area (Å²) in [6.45, 7) is 2.05. The number of carbonyl (C=O) groups excluding carboxylic acids is 2. The number of benzene rings is 1. The molecule has 2 amide bonds. The van der Waals surface area contributed by atoms with E-state index in [0.717, 1.165) is 0 Å². The average molecular weight is 377 g/mol. The van der Waals surface area contributed by atoms with Gasteiger partial charge in [0.05, 0.1) is 26.4 Å². The molecule has 27 heavy (non-hydrogen) atoms. The summed E-state index contributed by atoms with van der Waals surface area (Å²) in [5.74, 6) is 1.01. The monoisotopic (exact) mass is 377 g/mol. The van der Waals surface area contributed by atoms with E-state index in [1.165, 1.54) is 26.2 Å². The van der Waals surface area contributed by atoms with Crippen LogP contribution in [0.25, 0.3) is 0 Å². The Hall–Kier alpha value is -3.07. The quantitative estimate of drug-likeness (QED) is 0.710. The van der Waals surface area contributed by atoms with Gasteiger partial charge in [0.1, 0.15) is 23.8 Å². The largest absolute Gasteiger partial charge is 0.497 e. The molecule has 0 radical (unpaired) electrons. The molecule has 1 N–H and O–H groups in total. The number of aromatic nitrogens is 1. The lowest BCUT2D eigenvalue weighted by atomic mass is 10.1. The van der Waals surface area contributed by atoms with Crippen molar-refractivity contribution in [1.29, 1.82) is 0 Å². The SMILES string of the molecule is COCCN(CC(=O)Nc1cc(C)on1)C(=O)c1ccc(OC)cc1OC. The highest BCUT2D eigenvalue weighted by Crippen LogP contribution is 2.25. The molecule has 9 heteroatoms. The highest BCUT2D eigenvalue weighted by molar-refractivity contribution is 6.00. The number of anilines is 1. The maximum atomic E-state index is 13.0. The predicted octanol–water partition coefficient (Wildman–Crippen LogP) is 1.73. The Morgan fingerprint density at radius 1 is 1.19 bits per heavy atom. The number of hydrogen-bond acceptors (Lipinski definition) is 7. The molecule has 0 aliphatic heterocycles. The number of ether oxygens (including phenoxy) is 3. The molecule has 0 aliphatic carbocycles. The van der Waals surface area contributed by atoms with E-state index >= 15 is 0 Å². The standard InChI is InChI=1S/C18H23N3O6/c1-12-9-16(20-27-12)19-17(22)11-21(7-8-24-2)18(23)14-6-5-13(25-3)10-15(14)26-4/h5-6,9-10H,7-8,11H2,1-4H3,(H,19,20,22). The van der Waals surface area contributed by atoms with Crippen LogP contribution < -0.4 is 14.8 Å². The van der Waals surface area contributed by atoms with Gasteiger partial charge in [0.15, 0.2) is 5.82 Å². The number of aryl methyl sites for hydroxylation is 1. The Balaban J connectivity index is 2.16. The Morgan fingerprint density at radius 3 is 2.56 bits per heavy atom. The van der Waals surface area contributed by atoms with Crippen LogP contribution in [0.15, 0.2) is 28.8 Å². The number of hydrogen-bond donors (Lipinski definition) is 1. The summed E-state index contributed by atoms with van der Waals surface area (Å²) in [6.07, 6.45) is 0. The molecule has 1 aromatic heterocycles. The minimum atomic E-state index is -0.403. The van der Waals surface area contributed by atoms with E-state index in [2.05, 4.69) is 10.5 Å². The first-order valence-corrected chi connectivity index (χ1v) is 8.22. The van der Waals surface area contributed by atoms with Crippen LogP contribution in [0.1, 0.15) is 16.1 Å². The molecule has 0 unspecified atom stereocenters. The lowest BCUT2D eigenvalue weighted by molar-refractivity contribution is -0.117. The van der Waals surface area contributed by atoms with Crippen LogP contribution in [-0.4, -0.2) is 62.9 Å². The molecule has 0 saturated carbocycles. The van der Waals surface area contributed by atoms with Crippen LogP contribution >= 0.6 is 0 Å². The number of rotatable bonds is 9. The Labute approximate surface area is 157 Å². The zero-order valence-electron chi connectivity index (χ0n) is 15.8. The Kier molecular flexibility index (Phi) is 7.18. The molecule has 0 bridgehead atoms. The summed E-state index contributed by atoms with van der Waals surface area (Å²) in [5.41, 5.74) is 0.319. The highest BCUT2D eigenvalue weighted by atomic mass is 16.5. The number of nitrogens with zero attached hydrogens (tertiary/aromatic N) is 2. The van der Waals surface area contributed by atoms with E-state index in [4.69, 9.17) is 18.7 Å². The Morgan fingerprint density at radius 2 is 1.96 bits per heavy atom. The van der Waals surface area contributed by atoms with Crippen molar-refractivity contribution >= 4 is 17.6 Å².